The third kappa shape index (κ3) is 6.37. The highest BCUT2D eigenvalue weighted by molar-refractivity contribution is 6.05. The number of nitrogens with zero attached hydrogens (tertiary/aromatic N) is 2. The van der Waals surface area contributed by atoms with Gasteiger partial charge in [-0.3, -0.25) is 14.4 Å². The molecule has 0 heterocycles. The van der Waals surface area contributed by atoms with Crippen LogP contribution in [0, 0.1) is 17.8 Å². The molecule has 3 atom stereocenters. The molecule has 2 N–H and O–H groups in total. The van der Waals surface area contributed by atoms with Crippen LogP contribution >= 0.6 is 0 Å². The molecular weight excluding hydrogens is 465 g/mol. The van der Waals surface area contributed by atoms with Gasteiger partial charge in [0.1, 0.15) is 0 Å². The molecular formula is C24H25F3N4O4. The van der Waals surface area contributed by atoms with E-state index in [0.717, 1.165) is 23.9 Å². The zero-order chi connectivity index (χ0) is 25.8. The van der Waals surface area contributed by atoms with Crippen molar-refractivity contribution in [3.05, 3.63) is 59.7 Å². The normalized spacial score (nSPS) is 19.2. The van der Waals surface area contributed by atoms with Crippen molar-refractivity contribution in [1.29, 1.82) is 0 Å². The zero-order valence-electron chi connectivity index (χ0n) is 19.3. The van der Waals surface area contributed by atoms with Crippen molar-refractivity contribution in [2.75, 3.05) is 30.9 Å². The molecule has 1 fully saturated rings. The standard InChI is InChI=1S/C24H25F3N4O4/c1-4-35-23(34)20-18(21(32)29-16-7-5-6-15(12-16)24(25,26)27)19(20)22(33)30-28-13-14-8-10-17(11-9-14)31(2)3/h5-13,18-20H,4H2,1-3H3,(H,29,32)(H,30,33)/b28-13-/t18-,19+,20+/m0/s1. The van der Waals surface area contributed by atoms with Crippen LogP contribution in [0.2, 0.25) is 0 Å². The number of rotatable bonds is 8. The molecule has 0 aromatic heterocycles. The minimum Gasteiger partial charge on any atom is -0.466 e. The number of hydrazone groups is 1. The molecule has 1 saturated carbocycles. The number of amides is 2. The van der Waals surface area contributed by atoms with Crippen LogP contribution in [0.25, 0.3) is 0 Å². The number of hydrogen-bond acceptors (Lipinski definition) is 6. The molecule has 2 amide bonds. The van der Waals surface area contributed by atoms with Gasteiger partial charge in [-0.05, 0) is 42.8 Å². The van der Waals surface area contributed by atoms with Gasteiger partial charge in [0, 0.05) is 25.5 Å². The van der Waals surface area contributed by atoms with Crippen LogP contribution in [-0.2, 0) is 25.3 Å². The first-order valence-electron chi connectivity index (χ1n) is 10.8. The van der Waals surface area contributed by atoms with Gasteiger partial charge in [0.25, 0.3) is 0 Å². The van der Waals surface area contributed by atoms with Crippen molar-refractivity contribution in [3.63, 3.8) is 0 Å². The highest BCUT2D eigenvalue weighted by atomic mass is 19.4. The number of halogens is 3. The van der Waals surface area contributed by atoms with Crippen molar-refractivity contribution < 1.29 is 32.3 Å². The Hall–Kier alpha value is -3.89. The quantitative estimate of drug-likeness (QED) is 0.336. The van der Waals surface area contributed by atoms with Gasteiger partial charge in [-0.2, -0.15) is 18.3 Å². The summed E-state index contributed by atoms with van der Waals surface area (Å²) in [4.78, 5) is 39.6. The summed E-state index contributed by atoms with van der Waals surface area (Å²) in [6.07, 6.45) is -3.17. The van der Waals surface area contributed by atoms with Crippen LogP contribution in [0.15, 0.2) is 53.6 Å². The van der Waals surface area contributed by atoms with E-state index in [1.54, 1.807) is 19.1 Å². The summed E-state index contributed by atoms with van der Waals surface area (Å²) < 4.78 is 43.8. The largest absolute Gasteiger partial charge is 0.466 e. The summed E-state index contributed by atoms with van der Waals surface area (Å²) in [5.74, 6) is -5.39. The Morgan fingerprint density at radius 1 is 1.03 bits per heavy atom. The first-order valence-corrected chi connectivity index (χ1v) is 10.8. The zero-order valence-corrected chi connectivity index (χ0v) is 19.3. The molecule has 8 nitrogen and oxygen atoms in total. The van der Waals surface area contributed by atoms with E-state index < -0.39 is 47.3 Å². The molecule has 0 radical (unpaired) electrons. The number of carbonyl (C=O) groups excluding carboxylic acids is 3. The SMILES string of the molecule is CCOC(=O)[C@H]1[C@H](C(=O)N/N=C\c2ccc(N(C)C)cc2)[C@@H]1C(=O)Nc1cccc(C(F)(F)F)c1. The lowest BCUT2D eigenvalue weighted by atomic mass is 10.2. The molecule has 3 rings (SSSR count). The third-order valence-corrected chi connectivity index (χ3v) is 5.44. The second kappa shape index (κ2) is 10.6. The topological polar surface area (TPSA) is 100 Å². The van der Waals surface area contributed by atoms with Crippen LogP contribution in [0.3, 0.4) is 0 Å². The van der Waals surface area contributed by atoms with Crippen LogP contribution in [0.1, 0.15) is 18.1 Å². The molecule has 0 bridgehead atoms. The van der Waals surface area contributed by atoms with Gasteiger partial charge in [0.2, 0.25) is 11.8 Å². The van der Waals surface area contributed by atoms with Crippen molar-refractivity contribution in [3.8, 4) is 0 Å². The molecule has 2 aromatic rings. The van der Waals surface area contributed by atoms with E-state index >= 15 is 0 Å². The number of esters is 1. The van der Waals surface area contributed by atoms with E-state index in [-0.39, 0.29) is 12.3 Å². The second-order valence-corrected chi connectivity index (χ2v) is 8.12. The minimum atomic E-state index is -4.58. The number of nitrogens with one attached hydrogen (secondary N) is 2. The van der Waals surface area contributed by atoms with Gasteiger partial charge in [0.15, 0.2) is 0 Å². The molecule has 11 heteroatoms. The number of alkyl halides is 3. The predicted molar refractivity (Wildman–Crippen MR) is 124 cm³/mol. The van der Waals surface area contributed by atoms with Gasteiger partial charge in [-0.25, -0.2) is 5.43 Å². The maximum Gasteiger partial charge on any atom is 0.416 e. The van der Waals surface area contributed by atoms with Crippen molar-refractivity contribution in [2.45, 2.75) is 13.1 Å². The van der Waals surface area contributed by atoms with Gasteiger partial charge >= 0.3 is 12.1 Å². The van der Waals surface area contributed by atoms with Crippen LogP contribution in [-0.4, -0.2) is 44.7 Å². The van der Waals surface area contributed by atoms with Gasteiger partial charge in [0.05, 0.1) is 36.1 Å². The minimum absolute atomic E-state index is 0.0483. The first-order chi connectivity index (χ1) is 16.5. The van der Waals surface area contributed by atoms with Gasteiger partial charge in [-0.15, -0.1) is 0 Å². The highest BCUT2D eigenvalue weighted by Crippen LogP contribution is 2.48. The van der Waals surface area contributed by atoms with Crippen molar-refractivity contribution in [2.24, 2.45) is 22.9 Å². The molecule has 0 spiro atoms. The van der Waals surface area contributed by atoms with Gasteiger partial charge < -0.3 is 15.0 Å². The Labute approximate surface area is 200 Å². The Morgan fingerprint density at radius 2 is 1.69 bits per heavy atom. The summed E-state index contributed by atoms with van der Waals surface area (Å²) in [6.45, 7) is 1.63. The van der Waals surface area contributed by atoms with E-state index in [1.165, 1.54) is 12.3 Å². The molecule has 186 valence electrons. The molecule has 0 aliphatic heterocycles. The number of benzene rings is 2. The maximum atomic E-state index is 13.0. The number of hydrogen-bond donors (Lipinski definition) is 2. The molecule has 1 aliphatic rings. The Morgan fingerprint density at radius 3 is 2.29 bits per heavy atom. The fourth-order valence-corrected chi connectivity index (χ4v) is 3.60. The number of ether oxygens (including phenoxy) is 1. The number of anilines is 2. The number of carbonyl (C=O) groups is 3. The summed E-state index contributed by atoms with van der Waals surface area (Å²) in [6, 6.07) is 11.4. The van der Waals surface area contributed by atoms with Crippen LogP contribution < -0.4 is 15.6 Å². The lowest BCUT2D eigenvalue weighted by Crippen LogP contribution is -2.24. The summed E-state index contributed by atoms with van der Waals surface area (Å²) in [7, 11) is 3.80. The lowest BCUT2D eigenvalue weighted by molar-refractivity contribution is -0.146. The fourth-order valence-electron chi connectivity index (χ4n) is 3.60. The second-order valence-electron chi connectivity index (χ2n) is 8.12. The third-order valence-electron chi connectivity index (χ3n) is 5.44. The van der Waals surface area contributed by atoms with Gasteiger partial charge in [-0.1, -0.05) is 18.2 Å². The van der Waals surface area contributed by atoms with E-state index in [1.807, 2.05) is 31.1 Å². The average molecular weight is 490 g/mol. The smallest absolute Gasteiger partial charge is 0.416 e. The first kappa shape index (κ1) is 25.7. The summed E-state index contributed by atoms with van der Waals surface area (Å²) >= 11 is 0. The fraction of sp³-hybridized carbons (Fsp3) is 0.333. The predicted octanol–water partition coefficient (Wildman–Crippen LogP) is 3.29. The van der Waals surface area contributed by atoms with Crippen LogP contribution in [0.5, 0.6) is 0 Å². The van der Waals surface area contributed by atoms with E-state index in [2.05, 4.69) is 15.8 Å². The molecule has 1 aliphatic carbocycles. The highest BCUT2D eigenvalue weighted by Gasteiger charge is 2.63. The van der Waals surface area contributed by atoms with Crippen LogP contribution in [0.4, 0.5) is 24.5 Å². The van der Waals surface area contributed by atoms with E-state index in [9.17, 15) is 27.6 Å². The average Bonchev–Trinajstić information content (AvgIpc) is 3.55. The van der Waals surface area contributed by atoms with E-state index in [4.69, 9.17) is 4.74 Å². The van der Waals surface area contributed by atoms with Crippen molar-refractivity contribution >= 4 is 35.4 Å². The Bertz CT molecular complexity index is 1120. The molecule has 35 heavy (non-hydrogen) atoms. The summed E-state index contributed by atoms with van der Waals surface area (Å²) in [5.41, 5.74) is 2.98. The van der Waals surface area contributed by atoms with Crippen molar-refractivity contribution in [1.82, 2.24) is 5.43 Å². The molecule has 2 aromatic carbocycles. The Kier molecular flexibility index (Phi) is 7.78. The molecule has 0 saturated heterocycles. The molecule has 0 unspecified atom stereocenters. The maximum absolute atomic E-state index is 13.0. The monoisotopic (exact) mass is 490 g/mol. The van der Waals surface area contributed by atoms with E-state index in [0.29, 0.717) is 5.56 Å². The lowest BCUT2D eigenvalue weighted by Gasteiger charge is -2.11. The summed E-state index contributed by atoms with van der Waals surface area (Å²) in [5, 5.41) is 6.24. The Balaban J connectivity index is 1.68.